The molecule has 0 atom stereocenters. The lowest BCUT2D eigenvalue weighted by Gasteiger charge is -2.11. The van der Waals surface area contributed by atoms with Crippen molar-refractivity contribution >= 4 is 29.2 Å². The largest absolute Gasteiger partial charge is 0.503 e. The fourth-order valence-electron chi connectivity index (χ4n) is 3.02. The van der Waals surface area contributed by atoms with E-state index in [9.17, 15) is 14.7 Å². The van der Waals surface area contributed by atoms with Crippen molar-refractivity contribution in [3.05, 3.63) is 77.5 Å². The summed E-state index contributed by atoms with van der Waals surface area (Å²) in [4.78, 5) is 25.3. The standard InChI is InChI=1S/C23H23N3O5S/c1-24-20(27)19-21(25-26(2)22(19)32-16-10-5-4-6-11-16)31-13-15-9-7-8-12-17(15)18(14-30-3)23(28)29/h4-12,14H,13H2,1-3H3,(H,24,27)(H,28,29)/b18-14+. The van der Waals surface area contributed by atoms with E-state index in [1.165, 1.54) is 25.1 Å². The van der Waals surface area contributed by atoms with Gasteiger partial charge in [0.1, 0.15) is 22.8 Å². The van der Waals surface area contributed by atoms with Crippen LogP contribution in [0.25, 0.3) is 5.57 Å². The maximum atomic E-state index is 12.7. The van der Waals surface area contributed by atoms with Gasteiger partial charge in [-0.15, -0.1) is 5.10 Å². The van der Waals surface area contributed by atoms with Crippen LogP contribution in [0.15, 0.2) is 70.8 Å². The Bertz CT molecular complexity index is 1140. The molecule has 0 bridgehead atoms. The minimum Gasteiger partial charge on any atom is -0.503 e. The van der Waals surface area contributed by atoms with E-state index in [4.69, 9.17) is 9.47 Å². The molecule has 0 fully saturated rings. The zero-order valence-corrected chi connectivity index (χ0v) is 18.7. The van der Waals surface area contributed by atoms with E-state index in [1.54, 1.807) is 43.0 Å². The molecule has 1 aromatic heterocycles. The van der Waals surface area contributed by atoms with Crippen molar-refractivity contribution in [2.75, 3.05) is 14.2 Å². The lowest BCUT2D eigenvalue weighted by atomic mass is 10.0. The second kappa shape index (κ2) is 10.5. The summed E-state index contributed by atoms with van der Waals surface area (Å²) >= 11 is 1.40. The molecule has 0 saturated carbocycles. The van der Waals surface area contributed by atoms with Gasteiger partial charge in [0.25, 0.3) is 5.91 Å². The Morgan fingerprint density at radius 2 is 1.84 bits per heavy atom. The van der Waals surface area contributed by atoms with Gasteiger partial charge in [-0.3, -0.25) is 9.48 Å². The van der Waals surface area contributed by atoms with Crippen LogP contribution in [0.1, 0.15) is 21.5 Å². The number of carbonyl (C=O) groups is 2. The Kier molecular flexibility index (Phi) is 7.56. The second-order valence-electron chi connectivity index (χ2n) is 6.62. The molecule has 3 aromatic rings. The molecule has 0 aliphatic rings. The highest BCUT2D eigenvalue weighted by Gasteiger charge is 2.25. The number of carbonyl (C=O) groups excluding carboxylic acids is 1. The predicted molar refractivity (Wildman–Crippen MR) is 121 cm³/mol. The average Bonchev–Trinajstić information content (AvgIpc) is 3.11. The van der Waals surface area contributed by atoms with Crippen LogP contribution in [0.5, 0.6) is 5.88 Å². The number of hydrogen-bond acceptors (Lipinski definition) is 6. The van der Waals surface area contributed by atoms with Crippen LogP contribution in [-0.4, -0.2) is 40.9 Å². The van der Waals surface area contributed by atoms with Crippen LogP contribution in [0.2, 0.25) is 0 Å². The van der Waals surface area contributed by atoms with Crippen LogP contribution in [-0.2, 0) is 23.2 Å². The number of aryl methyl sites for hydroxylation is 1. The number of ether oxygens (including phenoxy) is 2. The average molecular weight is 454 g/mol. The van der Waals surface area contributed by atoms with Crippen LogP contribution in [0, 0.1) is 0 Å². The summed E-state index contributed by atoms with van der Waals surface area (Å²) in [5.41, 5.74) is 1.38. The van der Waals surface area contributed by atoms with E-state index < -0.39 is 5.97 Å². The van der Waals surface area contributed by atoms with Crippen molar-refractivity contribution in [3.63, 3.8) is 0 Å². The maximum absolute atomic E-state index is 12.7. The first-order valence-electron chi connectivity index (χ1n) is 9.65. The van der Waals surface area contributed by atoms with Gasteiger partial charge in [0.2, 0.25) is 5.88 Å². The molecule has 0 unspecified atom stereocenters. The third-order valence-corrected chi connectivity index (χ3v) is 5.68. The van der Waals surface area contributed by atoms with Gasteiger partial charge in [-0.05, 0) is 23.3 Å². The first-order valence-corrected chi connectivity index (χ1v) is 10.5. The summed E-state index contributed by atoms with van der Waals surface area (Å²) in [6, 6.07) is 16.6. The monoisotopic (exact) mass is 453 g/mol. The highest BCUT2D eigenvalue weighted by molar-refractivity contribution is 7.99. The third-order valence-electron chi connectivity index (χ3n) is 4.51. The van der Waals surface area contributed by atoms with Crippen molar-refractivity contribution in [1.29, 1.82) is 0 Å². The Balaban J connectivity index is 1.94. The topological polar surface area (TPSA) is 103 Å². The van der Waals surface area contributed by atoms with Gasteiger partial charge >= 0.3 is 5.97 Å². The Morgan fingerprint density at radius 1 is 1.16 bits per heavy atom. The number of carboxylic acid groups (broad SMARTS) is 1. The van der Waals surface area contributed by atoms with Gasteiger partial charge in [-0.1, -0.05) is 54.2 Å². The molecule has 8 nitrogen and oxygen atoms in total. The van der Waals surface area contributed by atoms with Crippen LogP contribution in [0.4, 0.5) is 0 Å². The van der Waals surface area contributed by atoms with Gasteiger partial charge in [-0.25, -0.2) is 4.79 Å². The number of nitrogens with one attached hydrogen (secondary N) is 1. The number of rotatable bonds is 9. The zero-order chi connectivity index (χ0) is 23.1. The molecule has 166 valence electrons. The smallest absolute Gasteiger partial charge is 0.339 e. The van der Waals surface area contributed by atoms with Crippen molar-refractivity contribution < 1.29 is 24.2 Å². The molecule has 3 rings (SSSR count). The van der Waals surface area contributed by atoms with Gasteiger partial charge in [0, 0.05) is 19.0 Å². The zero-order valence-electron chi connectivity index (χ0n) is 17.9. The molecule has 1 heterocycles. The lowest BCUT2D eigenvalue weighted by Crippen LogP contribution is -2.19. The number of aromatic nitrogens is 2. The van der Waals surface area contributed by atoms with Gasteiger partial charge < -0.3 is 19.9 Å². The molecule has 0 aliphatic heterocycles. The van der Waals surface area contributed by atoms with E-state index in [0.29, 0.717) is 21.7 Å². The molecule has 0 aliphatic carbocycles. The Morgan fingerprint density at radius 3 is 2.50 bits per heavy atom. The maximum Gasteiger partial charge on any atom is 0.339 e. The summed E-state index contributed by atoms with van der Waals surface area (Å²) in [5.74, 6) is -1.29. The number of nitrogens with zero attached hydrogens (tertiary/aromatic N) is 2. The molecule has 32 heavy (non-hydrogen) atoms. The van der Waals surface area contributed by atoms with Crippen LogP contribution < -0.4 is 10.1 Å². The number of aliphatic carboxylic acids is 1. The van der Waals surface area contributed by atoms with E-state index in [0.717, 1.165) is 4.90 Å². The normalized spacial score (nSPS) is 11.2. The molecule has 9 heteroatoms. The summed E-state index contributed by atoms with van der Waals surface area (Å²) < 4.78 is 12.4. The minimum atomic E-state index is -1.12. The third kappa shape index (κ3) is 5.12. The van der Waals surface area contributed by atoms with E-state index >= 15 is 0 Å². The summed E-state index contributed by atoms with van der Waals surface area (Å²) in [6.07, 6.45) is 1.17. The number of benzene rings is 2. The molecular formula is C23H23N3O5S. The Hall–Kier alpha value is -3.72. The molecule has 2 aromatic carbocycles. The van der Waals surface area contributed by atoms with Crippen molar-refractivity contribution in [2.24, 2.45) is 7.05 Å². The highest BCUT2D eigenvalue weighted by Crippen LogP contribution is 2.35. The van der Waals surface area contributed by atoms with E-state index in [-0.39, 0.29) is 24.0 Å². The highest BCUT2D eigenvalue weighted by atomic mass is 32.2. The molecule has 2 N–H and O–H groups in total. The summed E-state index contributed by atoms with van der Waals surface area (Å²) in [5, 5.41) is 17.2. The number of carboxylic acids is 1. The second-order valence-corrected chi connectivity index (χ2v) is 7.68. The number of methoxy groups -OCH3 is 1. The number of amides is 1. The number of hydrogen-bond donors (Lipinski definition) is 2. The molecule has 1 amide bonds. The molecule has 0 spiro atoms. The fraction of sp³-hybridized carbons (Fsp3) is 0.174. The SMILES string of the molecule is CNC(=O)c1c(OCc2ccccc2/C(=C\OC)C(=O)O)nn(C)c1Sc1ccccc1. The van der Waals surface area contributed by atoms with Crippen molar-refractivity contribution in [2.45, 2.75) is 16.5 Å². The van der Waals surface area contributed by atoms with E-state index in [2.05, 4.69) is 10.4 Å². The first-order chi connectivity index (χ1) is 15.5. The predicted octanol–water partition coefficient (Wildman–Crippen LogP) is 3.58. The lowest BCUT2D eigenvalue weighted by molar-refractivity contribution is -0.130. The minimum absolute atomic E-state index is 0.000400. The molecular weight excluding hydrogens is 430 g/mol. The summed E-state index contributed by atoms with van der Waals surface area (Å²) in [6.45, 7) is 0.0148. The first kappa shape index (κ1) is 23.0. The van der Waals surface area contributed by atoms with Crippen molar-refractivity contribution in [3.8, 4) is 5.88 Å². The fourth-order valence-corrected chi connectivity index (χ4v) is 4.00. The molecule has 0 saturated heterocycles. The van der Waals surface area contributed by atoms with Gasteiger partial charge in [0.15, 0.2) is 0 Å². The van der Waals surface area contributed by atoms with Gasteiger partial charge in [0.05, 0.1) is 13.4 Å². The molecule has 0 radical (unpaired) electrons. The van der Waals surface area contributed by atoms with Crippen molar-refractivity contribution in [1.82, 2.24) is 15.1 Å². The van der Waals surface area contributed by atoms with E-state index in [1.807, 2.05) is 30.3 Å². The Labute approximate surface area is 189 Å². The quantitative estimate of drug-likeness (QED) is 0.377. The van der Waals surface area contributed by atoms with Crippen LogP contribution in [0.3, 0.4) is 0 Å². The van der Waals surface area contributed by atoms with Gasteiger partial charge in [-0.2, -0.15) is 0 Å². The summed E-state index contributed by atoms with van der Waals surface area (Å²) in [7, 11) is 4.67. The van der Waals surface area contributed by atoms with Crippen LogP contribution >= 0.6 is 11.8 Å².